The zero-order chi connectivity index (χ0) is 41.5. The second-order valence-corrected chi connectivity index (χ2v) is 14.7. The molecule has 2 aliphatic heterocycles. The number of aromatic nitrogens is 1. The van der Waals surface area contributed by atoms with E-state index >= 15 is 0 Å². The summed E-state index contributed by atoms with van der Waals surface area (Å²) in [4.78, 5) is 71.6. The number of amides is 4. The van der Waals surface area contributed by atoms with Gasteiger partial charge in [0.25, 0.3) is 5.91 Å². The minimum absolute atomic E-state index is 0.125. The lowest BCUT2D eigenvalue weighted by atomic mass is 9.75. The van der Waals surface area contributed by atoms with Gasteiger partial charge in [0.05, 0.1) is 6.61 Å². The van der Waals surface area contributed by atoms with Gasteiger partial charge in [0.15, 0.2) is 5.76 Å². The van der Waals surface area contributed by atoms with Crippen LogP contribution < -0.4 is 10.6 Å². The smallest absolute Gasteiger partial charge is 0.408 e. The number of ether oxygens (including phenoxy) is 1. The van der Waals surface area contributed by atoms with Crippen molar-refractivity contribution in [1.82, 2.24) is 14.8 Å². The molecule has 14 heteroatoms. The Kier molecular flexibility index (Phi) is 12.1. The van der Waals surface area contributed by atoms with Crippen LogP contribution in [0.1, 0.15) is 43.2 Å². The number of nitrogens with one attached hydrogen (secondary N) is 2. The summed E-state index contributed by atoms with van der Waals surface area (Å²) in [6, 6.07) is 32.2. The summed E-state index contributed by atoms with van der Waals surface area (Å²) in [5.41, 5.74) is 2.98. The Morgan fingerprint density at radius 3 is 2.03 bits per heavy atom. The van der Waals surface area contributed by atoms with Crippen LogP contribution in [-0.4, -0.2) is 86.2 Å². The first-order valence-electron chi connectivity index (χ1n) is 19.6. The quantitative estimate of drug-likeness (QED) is 0.0876. The van der Waals surface area contributed by atoms with E-state index in [1.165, 1.54) is 4.90 Å². The minimum atomic E-state index is -1.40. The number of likely N-dealkylation sites (tertiary alicyclic amines) is 2. The van der Waals surface area contributed by atoms with Crippen molar-refractivity contribution in [3.63, 3.8) is 0 Å². The molecule has 1 aromatic heterocycles. The standard InChI is InChI=1S/C45H45N5O9/c1-2-58-38(51)27-37-48-39(40(59-37)32-17-21-34(22-18-32)46-41(52)36-14-9-24-49(36)43(54)55)31-15-19-35(20-16-31)47-42(53)45(28-30-12-7-4-8-13-30)33(23-25-50(45)44(56)57)26-29-10-5-3-6-11-29/h3-8,10-13,15-22,33,36H,2,9,14,23-28H2,1H3,(H,46,52)(H,47,53)(H,54,55)(H,56,57)/t33?,36-,45-/m0/s1. The molecule has 4 aromatic carbocycles. The van der Waals surface area contributed by atoms with Crippen LogP contribution in [-0.2, 0) is 38.4 Å². The average molecular weight is 800 g/mol. The molecule has 5 aromatic rings. The zero-order valence-electron chi connectivity index (χ0n) is 32.5. The molecular weight excluding hydrogens is 755 g/mol. The van der Waals surface area contributed by atoms with E-state index in [-0.39, 0.29) is 37.8 Å². The number of oxazole rings is 1. The Morgan fingerprint density at radius 2 is 1.41 bits per heavy atom. The van der Waals surface area contributed by atoms with Gasteiger partial charge in [0.1, 0.15) is 23.7 Å². The maximum Gasteiger partial charge on any atom is 0.408 e. The van der Waals surface area contributed by atoms with Crippen molar-refractivity contribution in [2.75, 3.05) is 30.3 Å². The third-order valence-electron chi connectivity index (χ3n) is 11.0. The van der Waals surface area contributed by atoms with Crippen LogP contribution >= 0.6 is 0 Å². The third-order valence-corrected chi connectivity index (χ3v) is 11.0. The molecular formula is C45H45N5O9. The molecule has 0 aliphatic carbocycles. The highest BCUT2D eigenvalue weighted by Crippen LogP contribution is 2.42. The van der Waals surface area contributed by atoms with Gasteiger partial charge in [-0.3, -0.25) is 24.2 Å². The van der Waals surface area contributed by atoms with Crippen molar-refractivity contribution in [3.8, 4) is 22.6 Å². The van der Waals surface area contributed by atoms with Crippen LogP contribution in [0.4, 0.5) is 21.0 Å². The van der Waals surface area contributed by atoms with E-state index in [0.29, 0.717) is 66.2 Å². The summed E-state index contributed by atoms with van der Waals surface area (Å²) in [5.74, 6) is -1.19. The molecule has 0 bridgehead atoms. The van der Waals surface area contributed by atoms with Gasteiger partial charge in [-0.25, -0.2) is 14.6 Å². The van der Waals surface area contributed by atoms with Crippen molar-refractivity contribution in [2.45, 2.75) is 57.0 Å². The second-order valence-electron chi connectivity index (χ2n) is 14.7. The summed E-state index contributed by atoms with van der Waals surface area (Å²) in [6.45, 7) is 2.41. The molecule has 2 fully saturated rings. The van der Waals surface area contributed by atoms with Gasteiger partial charge in [0, 0.05) is 42.0 Å². The SMILES string of the molecule is CCOC(=O)Cc1nc(-c2ccc(NC(=O)[C@]3(Cc4ccccc4)C(Cc4ccccc4)CCN3C(=O)O)cc2)c(-c2ccc(NC(=O)[C@@H]3CCCN3C(=O)O)cc2)o1. The molecule has 3 atom stereocenters. The molecule has 7 rings (SSSR count). The maximum atomic E-state index is 14.7. The van der Waals surface area contributed by atoms with Crippen LogP contribution in [0.3, 0.4) is 0 Å². The molecule has 14 nitrogen and oxygen atoms in total. The Labute approximate surface area is 340 Å². The average Bonchev–Trinajstić information content (AvgIpc) is 3.98. The van der Waals surface area contributed by atoms with Crippen molar-refractivity contribution < 1.29 is 43.3 Å². The highest BCUT2D eigenvalue weighted by Gasteiger charge is 2.56. The zero-order valence-corrected chi connectivity index (χ0v) is 32.5. The van der Waals surface area contributed by atoms with E-state index in [0.717, 1.165) is 16.0 Å². The first-order valence-corrected chi connectivity index (χ1v) is 19.6. The Balaban J connectivity index is 1.16. The van der Waals surface area contributed by atoms with Crippen LogP contribution in [0.5, 0.6) is 0 Å². The predicted molar refractivity (Wildman–Crippen MR) is 219 cm³/mol. The summed E-state index contributed by atoms with van der Waals surface area (Å²) < 4.78 is 11.3. The molecule has 304 valence electrons. The Morgan fingerprint density at radius 1 is 0.780 bits per heavy atom. The summed E-state index contributed by atoms with van der Waals surface area (Å²) in [6.07, 6.45) is -0.240. The van der Waals surface area contributed by atoms with Crippen molar-refractivity contribution in [3.05, 3.63) is 126 Å². The third kappa shape index (κ3) is 8.81. The molecule has 4 N–H and O–H groups in total. The number of hydrogen-bond donors (Lipinski definition) is 4. The molecule has 4 amide bonds. The lowest BCUT2D eigenvalue weighted by Gasteiger charge is -2.40. The summed E-state index contributed by atoms with van der Waals surface area (Å²) in [7, 11) is 0. The number of hydrogen-bond acceptors (Lipinski definition) is 8. The molecule has 0 radical (unpaired) electrons. The van der Waals surface area contributed by atoms with Crippen LogP contribution in [0.2, 0.25) is 0 Å². The van der Waals surface area contributed by atoms with Crippen molar-refractivity contribution in [1.29, 1.82) is 0 Å². The number of carboxylic acid groups (broad SMARTS) is 2. The van der Waals surface area contributed by atoms with E-state index in [9.17, 15) is 34.2 Å². The molecule has 59 heavy (non-hydrogen) atoms. The number of esters is 1. The number of benzene rings is 4. The fraction of sp³-hybridized carbons (Fsp3) is 0.289. The number of carbonyl (C=O) groups excluding carboxylic acids is 3. The van der Waals surface area contributed by atoms with Gasteiger partial charge in [-0.1, -0.05) is 72.8 Å². The predicted octanol–water partition coefficient (Wildman–Crippen LogP) is 7.36. The number of rotatable bonds is 13. The fourth-order valence-electron chi connectivity index (χ4n) is 8.23. The van der Waals surface area contributed by atoms with Crippen molar-refractivity contribution >= 4 is 41.3 Å². The van der Waals surface area contributed by atoms with Gasteiger partial charge >= 0.3 is 18.2 Å². The summed E-state index contributed by atoms with van der Waals surface area (Å²) >= 11 is 0. The Hall–Kier alpha value is -6.96. The maximum absolute atomic E-state index is 14.7. The highest BCUT2D eigenvalue weighted by atomic mass is 16.5. The lowest BCUT2D eigenvalue weighted by molar-refractivity contribution is -0.142. The van der Waals surface area contributed by atoms with E-state index < -0.39 is 41.6 Å². The fourth-order valence-corrected chi connectivity index (χ4v) is 8.23. The van der Waals surface area contributed by atoms with Crippen LogP contribution in [0.25, 0.3) is 22.6 Å². The molecule has 3 heterocycles. The van der Waals surface area contributed by atoms with Crippen LogP contribution in [0.15, 0.2) is 114 Å². The largest absolute Gasteiger partial charge is 0.466 e. The molecule has 0 saturated carbocycles. The lowest BCUT2D eigenvalue weighted by Crippen LogP contribution is -2.60. The number of nitrogens with zero attached hydrogens (tertiary/aromatic N) is 3. The minimum Gasteiger partial charge on any atom is -0.466 e. The van der Waals surface area contributed by atoms with E-state index in [1.54, 1.807) is 55.5 Å². The molecule has 1 unspecified atom stereocenters. The summed E-state index contributed by atoms with van der Waals surface area (Å²) in [5, 5.41) is 25.8. The van der Waals surface area contributed by atoms with Gasteiger partial charge < -0.3 is 30.0 Å². The normalized spacial score (nSPS) is 18.7. The second kappa shape index (κ2) is 17.7. The first kappa shape index (κ1) is 40.2. The van der Waals surface area contributed by atoms with Crippen molar-refractivity contribution in [2.24, 2.45) is 5.92 Å². The van der Waals surface area contributed by atoms with E-state index in [2.05, 4.69) is 15.6 Å². The number of anilines is 2. The highest BCUT2D eigenvalue weighted by molar-refractivity contribution is 6.01. The first-order chi connectivity index (χ1) is 28.5. The van der Waals surface area contributed by atoms with Gasteiger partial charge in [-0.15, -0.1) is 0 Å². The molecule has 2 saturated heterocycles. The van der Waals surface area contributed by atoms with E-state index in [4.69, 9.17) is 9.15 Å². The van der Waals surface area contributed by atoms with Gasteiger partial charge in [-0.2, -0.15) is 0 Å². The molecule has 0 spiro atoms. The number of carbonyl (C=O) groups is 5. The van der Waals surface area contributed by atoms with Gasteiger partial charge in [0.2, 0.25) is 11.8 Å². The van der Waals surface area contributed by atoms with Gasteiger partial charge in [-0.05, 0) is 86.1 Å². The Bertz CT molecular complexity index is 2300. The van der Waals surface area contributed by atoms with E-state index in [1.807, 2.05) is 60.7 Å². The molecule has 2 aliphatic rings. The topological polar surface area (TPSA) is 192 Å². The van der Waals surface area contributed by atoms with Crippen LogP contribution in [0, 0.1) is 5.92 Å². The monoisotopic (exact) mass is 799 g/mol.